The van der Waals surface area contributed by atoms with Gasteiger partial charge in [-0.2, -0.15) is 15.3 Å². The number of hydrogen-bond donors (Lipinski definition) is 0. The Balaban J connectivity index is 9.01. The number of rotatable bonds is 28. The van der Waals surface area contributed by atoms with Crippen LogP contribution in [0.3, 0.4) is 0 Å². The van der Waals surface area contributed by atoms with Crippen molar-refractivity contribution in [2.24, 2.45) is 15.3 Å². The summed E-state index contributed by atoms with van der Waals surface area (Å²) in [7, 11) is -28.8. The van der Waals surface area contributed by atoms with Crippen LogP contribution in [0.2, 0.25) is 0 Å². The Bertz CT molecular complexity index is 2020. The van der Waals surface area contributed by atoms with Crippen LogP contribution in [0, 0.1) is 0 Å². The van der Waals surface area contributed by atoms with Crippen LogP contribution in [0.4, 0.5) is 0 Å². The maximum Gasteiger partial charge on any atom is 0.0887 e. The molecule has 0 heterocycles. The molecule has 0 spiro atoms. The fourth-order valence-electron chi connectivity index (χ4n) is 7.78. The molecule has 0 atom stereocenters. The van der Waals surface area contributed by atoms with Gasteiger partial charge < -0.3 is 36.5 Å². The van der Waals surface area contributed by atoms with Gasteiger partial charge in [-0.15, -0.1) is 0 Å². The van der Waals surface area contributed by atoms with Gasteiger partial charge in [-0.05, 0) is 128 Å². The van der Waals surface area contributed by atoms with Crippen molar-refractivity contribution in [1.82, 2.24) is 14.3 Å². The normalized spacial score (nSPS) is 17.2. The average Bonchev–Trinajstić information content (AvgIpc) is 2.99. The zero-order valence-corrected chi connectivity index (χ0v) is 52.3. The van der Waals surface area contributed by atoms with E-state index in [1.165, 1.54) is 28.3 Å². The van der Waals surface area contributed by atoms with Gasteiger partial charge in [-0.1, -0.05) is 18.9 Å². The largest absolute Gasteiger partial charge is 0.324 e. The van der Waals surface area contributed by atoms with Gasteiger partial charge in [-0.25, -0.2) is 0 Å². The number of hydrazone groups is 3. The Labute approximate surface area is 390 Å². The maximum absolute atomic E-state index is 13.8. The minimum atomic E-state index is -3.92. The van der Waals surface area contributed by atoms with E-state index in [0.29, 0.717) is 0 Å². The predicted octanol–water partition coefficient (Wildman–Crippen LogP) is 11.2. The van der Waals surface area contributed by atoms with Gasteiger partial charge in [-0.3, -0.25) is 14.3 Å². The van der Waals surface area contributed by atoms with Gasteiger partial charge in [0.1, 0.15) is 0 Å². The smallest absolute Gasteiger partial charge is 0.0887 e. The van der Waals surface area contributed by atoms with Crippen molar-refractivity contribution in [3.05, 3.63) is 0 Å². The Kier molecular flexibility index (Phi) is 21.7. The molecule has 0 unspecified atom stereocenters. The zero-order chi connectivity index (χ0) is 53.1. The summed E-state index contributed by atoms with van der Waals surface area (Å²) < 4.78 is 142. The second-order valence-electron chi connectivity index (χ2n) is 21.4. The molecule has 0 saturated carbocycles. The Hall–Kier alpha value is 1.15. The Morgan fingerprint density at radius 1 is 0.397 bits per heavy atom. The third-order valence-electron chi connectivity index (χ3n) is 10.3. The van der Waals surface area contributed by atoms with E-state index in [1.807, 2.05) is 0 Å². The van der Waals surface area contributed by atoms with Crippen LogP contribution in [0.5, 0.6) is 0 Å². The molecule has 0 fully saturated rings. The molecule has 0 radical (unpaired) electrons. The highest BCUT2D eigenvalue weighted by atomic mass is 31.2. The topological polar surface area (TPSA) is 183 Å². The minimum absolute atomic E-state index is 0.103. The van der Waals surface area contributed by atoms with Crippen molar-refractivity contribution in [2.45, 2.75) is 29.6 Å². The van der Waals surface area contributed by atoms with Crippen molar-refractivity contribution in [3.63, 3.8) is 0 Å². The van der Waals surface area contributed by atoms with Crippen LogP contribution < -0.4 is 0 Å². The summed E-state index contributed by atoms with van der Waals surface area (Å²) in [5.41, 5.74) is -2.52. The monoisotopic (exact) mass is 1100 g/mol. The molecule has 0 aliphatic carbocycles. The molecule has 374 valence electrons. The average molecular weight is 1100 g/mol. The van der Waals surface area contributed by atoms with Gasteiger partial charge in [0.05, 0.1) is 80.1 Å². The van der Waals surface area contributed by atoms with Crippen LogP contribution >= 0.6 is 78.2 Å². The predicted molar refractivity (Wildman–Crippen MR) is 306 cm³/mol. The van der Waals surface area contributed by atoms with E-state index in [-0.39, 0.29) is 55.5 Å². The summed E-state index contributed by atoms with van der Waals surface area (Å²) in [5, 5.41) is 14.0. The molecule has 63 heavy (non-hydrogen) atoms. The van der Waals surface area contributed by atoms with E-state index in [1.54, 1.807) is 121 Å². The first-order chi connectivity index (χ1) is 28.7. The van der Waals surface area contributed by atoms with E-state index in [0.717, 1.165) is 0 Å². The molecule has 0 aromatic heterocycles. The quantitative estimate of drug-likeness (QED) is 0.0413. The number of nitrogens with zero attached hydrogens (tertiary/aromatic N) is 6. The first kappa shape index (κ1) is 58.5. The molecule has 0 saturated heterocycles. The van der Waals surface area contributed by atoms with Crippen molar-refractivity contribution in [2.75, 3.05) is 177 Å². The van der Waals surface area contributed by atoms with Crippen LogP contribution in [-0.2, 0) is 36.5 Å². The summed E-state index contributed by atoms with van der Waals surface area (Å²) >= 11 is 0. The molecular formula is C38H89N6O8P11. The molecule has 0 bridgehead atoms. The molecule has 0 amide bonds. The summed E-state index contributed by atoms with van der Waals surface area (Å²) in [5.74, 6) is -0.968. The second kappa shape index (κ2) is 23.4. The van der Waals surface area contributed by atoms with Crippen molar-refractivity contribution >= 4 is 115 Å². The standard InChI is InChI=1S/C38H89N6O8P11/c1-24-39-42(2)61(21,33-40-43(3)62(22,35(25-53(5,6)45)26-54(7,8)46)36(27-55(9,10)47)28-56(11,12)48)34-41-44(4)63(23,37(29-57(13,14)49)30-58(15,16)50)38(31-59(17,18)51)32-60(19,20)52/h24,33-38H,21-23,25-32H2,1-20H3/i24D,33D,34D. The molecule has 0 rings (SSSR count). The van der Waals surface area contributed by atoms with E-state index in [4.69, 9.17) is 24.2 Å². The summed E-state index contributed by atoms with van der Waals surface area (Å²) in [4.78, 5) is 0. The van der Waals surface area contributed by atoms with Crippen LogP contribution in [0.15, 0.2) is 15.3 Å². The number of hydrogen-bond acceptors (Lipinski definition) is 14. The van der Waals surface area contributed by atoms with Gasteiger partial charge in [0.2, 0.25) is 0 Å². The van der Waals surface area contributed by atoms with E-state index in [2.05, 4.69) is 11.4 Å². The molecule has 0 aromatic carbocycles. The van der Waals surface area contributed by atoms with E-state index >= 15 is 0 Å². The molecule has 0 aliphatic rings. The molecule has 0 N–H and O–H groups in total. The van der Waals surface area contributed by atoms with Crippen LogP contribution in [0.25, 0.3) is 0 Å². The van der Waals surface area contributed by atoms with Crippen molar-refractivity contribution in [3.8, 4) is 0 Å². The molecular weight excluding hydrogens is 1010 g/mol. The Morgan fingerprint density at radius 2 is 0.571 bits per heavy atom. The second-order valence-corrected chi connectivity index (χ2v) is 59.6. The van der Waals surface area contributed by atoms with Gasteiger partial charge >= 0.3 is 0 Å². The molecule has 0 aromatic rings. The van der Waals surface area contributed by atoms with E-state index < -0.39 is 113 Å². The van der Waals surface area contributed by atoms with E-state index in [9.17, 15) is 39.3 Å². The third-order valence-corrected chi connectivity index (χ3v) is 33.9. The van der Waals surface area contributed by atoms with Crippen LogP contribution in [-0.4, -0.2) is 251 Å². The Morgan fingerprint density at radius 3 is 0.714 bits per heavy atom. The minimum Gasteiger partial charge on any atom is -0.324 e. The zero-order valence-electron chi connectivity index (χ0n) is 45.5. The first-order valence-corrected chi connectivity index (χ1v) is 48.9. The summed E-state index contributed by atoms with van der Waals surface area (Å²) in [6.07, 6.45) is 14.7. The lowest BCUT2D eigenvalue weighted by Gasteiger charge is -2.47. The molecule has 14 nitrogen and oxygen atoms in total. The van der Waals surface area contributed by atoms with Gasteiger partial charge in [0.15, 0.2) is 0 Å². The van der Waals surface area contributed by atoms with Crippen LogP contribution in [0.1, 0.15) is 11.0 Å². The first-order valence-electron chi connectivity index (χ1n) is 22.1. The fourth-order valence-corrected chi connectivity index (χ4v) is 41.0. The summed E-state index contributed by atoms with van der Waals surface area (Å²) in [6, 6.07) is 0. The SMILES string of the molecule is [2H]C(C)=NN(C)P(=C)(C([2H])=NN(C)P(=C)(C(CP(C)(C)=O)CP(C)(C)=O)C(CP(C)(C)=O)CP(C)(C)=O)C([2H])=NN(C)P(=C)(C(CP(C)(C)=O)CP(C)(C)=O)C(CP(C)(C)=O)CP(C)(C)=O. The van der Waals surface area contributed by atoms with Crippen molar-refractivity contribution in [1.29, 1.82) is 0 Å². The maximum atomic E-state index is 13.8. The fraction of sp³-hybridized carbons (Fsp3) is 0.842. The lowest BCUT2D eigenvalue weighted by molar-refractivity contribution is 0.560. The lowest BCUT2D eigenvalue weighted by atomic mass is 10.5. The van der Waals surface area contributed by atoms with Gasteiger partial charge in [0, 0.05) is 99.3 Å². The third kappa shape index (κ3) is 24.5. The van der Waals surface area contributed by atoms with Crippen molar-refractivity contribution < 1.29 is 40.6 Å². The highest BCUT2D eigenvalue weighted by Crippen LogP contribution is 2.69. The highest BCUT2D eigenvalue weighted by molar-refractivity contribution is 7.96. The molecule has 25 heteroatoms. The lowest BCUT2D eigenvalue weighted by Crippen LogP contribution is -2.36. The molecule has 0 aliphatic heterocycles. The van der Waals surface area contributed by atoms with Gasteiger partial charge in [0.25, 0.3) is 0 Å². The summed E-state index contributed by atoms with van der Waals surface area (Å²) in [6.45, 7) is 27.5. The highest BCUT2D eigenvalue weighted by Gasteiger charge is 2.45.